The number of nitrogens with zero attached hydrogens (tertiary/aromatic N) is 2. The summed E-state index contributed by atoms with van der Waals surface area (Å²) in [5, 5.41) is 6.39. The number of nitrogens with one attached hydrogen (secondary N) is 2. The van der Waals surface area contributed by atoms with Crippen LogP contribution in [0.5, 0.6) is 5.75 Å². The van der Waals surface area contributed by atoms with Gasteiger partial charge in [0, 0.05) is 18.3 Å². The third kappa shape index (κ3) is 3.39. The third-order valence-corrected chi connectivity index (χ3v) is 5.32. The Kier molecular flexibility index (Phi) is 4.78. The van der Waals surface area contributed by atoms with E-state index in [9.17, 15) is 9.18 Å². The average Bonchev–Trinajstić information content (AvgIpc) is 3.11. The molecule has 0 bridgehead atoms. The third-order valence-electron chi connectivity index (χ3n) is 5.32. The van der Waals surface area contributed by atoms with E-state index < -0.39 is 5.54 Å². The Hall–Kier alpha value is -2.54. The molecule has 1 aromatic carbocycles. The van der Waals surface area contributed by atoms with Gasteiger partial charge in [0.05, 0.1) is 23.9 Å². The fourth-order valence-electron chi connectivity index (χ4n) is 3.96. The predicted molar refractivity (Wildman–Crippen MR) is 98.7 cm³/mol. The van der Waals surface area contributed by atoms with Crippen LogP contribution < -0.4 is 15.4 Å². The summed E-state index contributed by atoms with van der Waals surface area (Å²) in [6, 6.07) is 6.22. The van der Waals surface area contributed by atoms with Gasteiger partial charge in [-0.3, -0.25) is 10.1 Å². The number of ether oxygens (including phenoxy) is 1. The second-order valence-corrected chi connectivity index (χ2v) is 7.05. The van der Waals surface area contributed by atoms with Crippen molar-refractivity contribution in [2.24, 2.45) is 0 Å². The second kappa shape index (κ2) is 7.23. The molecule has 1 aromatic heterocycles. The maximum atomic E-state index is 14.4. The fraction of sp³-hybridized carbons (Fsp3) is 0.450. The molecular formula is C20H23FN4O2. The van der Waals surface area contributed by atoms with Gasteiger partial charge in [-0.15, -0.1) is 0 Å². The van der Waals surface area contributed by atoms with Gasteiger partial charge in [-0.05, 0) is 56.9 Å². The summed E-state index contributed by atoms with van der Waals surface area (Å²) in [4.78, 5) is 21.3. The molecule has 2 aromatic rings. The van der Waals surface area contributed by atoms with Crippen LogP contribution in [0, 0.1) is 5.82 Å². The highest BCUT2D eigenvalue weighted by Gasteiger charge is 2.46. The smallest absolute Gasteiger partial charge is 0.240 e. The summed E-state index contributed by atoms with van der Waals surface area (Å²) in [5.41, 5.74) is 0.366. The molecule has 2 aliphatic heterocycles. The number of halogens is 1. The molecule has 0 aliphatic carbocycles. The molecule has 142 valence electrons. The quantitative estimate of drug-likeness (QED) is 0.866. The van der Waals surface area contributed by atoms with Crippen LogP contribution in [-0.2, 0) is 4.79 Å². The highest BCUT2D eigenvalue weighted by molar-refractivity contribution is 5.87. The number of amides is 1. The molecule has 6 nitrogen and oxygen atoms in total. The molecule has 0 unspecified atom stereocenters. The summed E-state index contributed by atoms with van der Waals surface area (Å²) in [5.74, 6) is 0.892. The molecule has 1 amide bonds. The maximum Gasteiger partial charge on any atom is 0.240 e. The molecule has 0 radical (unpaired) electrons. The first kappa shape index (κ1) is 17.9. The van der Waals surface area contributed by atoms with Crippen molar-refractivity contribution >= 4 is 5.91 Å². The normalized spacial score (nSPS) is 24.8. The van der Waals surface area contributed by atoms with Crippen molar-refractivity contribution in [3.05, 3.63) is 42.1 Å². The van der Waals surface area contributed by atoms with Crippen molar-refractivity contribution in [1.29, 1.82) is 0 Å². The topological polar surface area (TPSA) is 76.1 Å². The Balaban J connectivity index is 1.60. The SMILES string of the molecule is CCOc1ccc(F)c(-c2ccnc([C@@H]3CC[C@]4(CCCNC4=O)N3)n2)c1. The van der Waals surface area contributed by atoms with Crippen molar-refractivity contribution < 1.29 is 13.9 Å². The van der Waals surface area contributed by atoms with Gasteiger partial charge >= 0.3 is 0 Å². The van der Waals surface area contributed by atoms with Crippen molar-refractivity contribution in [2.45, 2.75) is 44.2 Å². The Morgan fingerprint density at radius 1 is 1.33 bits per heavy atom. The number of hydrogen-bond donors (Lipinski definition) is 2. The molecule has 4 rings (SSSR count). The van der Waals surface area contributed by atoms with Gasteiger partial charge in [-0.2, -0.15) is 0 Å². The van der Waals surface area contributed by atoms with Crippen LogP contribution in [0.25, 0.3) is 11.3 Å². The number of carbonyl (C=O) groups is 1. The number of piperidine rings is 1. The molecular weight excluding hydrogens is 347 g/mol. The summed E-state index contributed by atoms with van der Waals surface area (Å²) in [7, 11) is 0. The van der Waals surface area contributed by atoms with Gasteiger partial charge in [-0.1, -0.05) is 0 Å². The van der Waals surface area contributed by atoms with Crippen LogP contribution in [0.3, 0.4) is 0 Å². The van der Waals surface area contributed by atoms with Gasteiger partial charge in [-0.25, -0.2) is 14.4 Å². The monoisotopic (exact) mass is 370 g/mol. The van der Waals surface area contributed by atoms with E-state index >= 15 is 0 Å². The van der Waals surface area contributed by atoms with Crippen molar-refractivity contribution in [2.75, 3.05) is 13.2 Å². The number of aromatic nitrogens is 2. The van der Waals surface area contributed by atoms with Crippen LogP contribution in [0.1, 0.15) is 44.5 Å². The molecule has 7 heteroatoms. The number of carbonyl (C=O) groups excluding carboxylic acids is 1. The summed E-state index contributed by atoms with van der Waals surface area (Å²) >= 11 is 0. The van der Waals surface area contributed by atoms with Gasteiger partial charge < -0.3 is 10.1 Å². The summed E-state index contributed by atoms with van der Waals surface area (Å²) < 4.78 is 19.8. The maximum absolute atomic E-state index is 14.4. The molecule has 2 aliphatic rings. The second-order valence-electron chi connectivity index (χ2n) is 7.05. The lowest BCUT2D eigenvalue weighted by atomic mass is 9.88. The molecule has 2 atom stereocenters. The largest absolute Gasteiger partial charge is 0.494 e. The zero-order chi connectivity index (χ0) is 18.9. The Morgan fingerprint density at radius 3 is 3.04 bits per heavy atom. The van der Waals surface area contributed by atoms with Crippen molar-refractivity contribution in [3.63, 3.8) is 0 Å². The predicted octanol–water partition coefficient (Wildman–Crippen LogP) is 2.75. The summed E-state index contributed by atoms with van der Waals surface area (Å²) in [6.07, 6.45) is 4.95. The summed E-state index contributed by atoms with van der Waals surface area (Å²) in [6.45, 7) is 3.12. The van der Waals surface area contributed by atoms with Gasteiger partial charge in [0.1, 0.15) is 17.4 Å². The number of rotatable bonds is 4. The van der Waals surface area contributed by atoms with E-state index in [4.69, 9.17) is 4.74 Å². The van der Waals surface area contributed by atoms with Gasteiger partial charge in [0.2, 0.25) is 5.91 Å². The standard InChI is InChI=1S/C20H23FN4O2/c1-2-27-13-4-5-15(21)14(12-13)16-7-11-22-18(24-16)17-6-9-20(25-17)8-3-10-23-19(20)26/h4-5,7,11-12,17,25H,2-3,6,8-10H2,1H3,(H,23,26)/t17-,20-/m0/s1. The van der Waals surface area contributed by atoms with Gasteiger partial charge in [0.25, 0.3) is 0 Å². The Bertz CT molecular complexity index is 860. The zero-order valence-electron chi connectivity index (χ0n) is 15.3. The minimum atomic E-state index is -0.525. The first-order valence-corrected chi connectivity index (χ1v) is 9.43. The van der Waals surface area contributed by atoms with E-state index in [0.29, 0.717) is 29.4 Å². The van der Waals surface area contributed by atoms with E-state index in [0.717, 1.165) is 32.2 Å². The highest BCUT2D eigenvalue weighted by atomic mass is 19.1. The van der Waals surface area contributed by atoms with Crippen LogP contribution in [-0.4, -0.2) is 34.6 Å². The van der Waals surface area contributed by atoms with E-state index in [1.54, 1.807) is 24.4 Å². The zero-order valence-corrected chi connectivity index (χ0v) is 15.3. The van der Waals surface area contributed by atoms with E-state index in [2.05, 4.69) is 20.6 Å². The molecule has 2 fully saturated rings. The van der Waals surface area contributed by atoms with E-state index in [-0.39, 0.29) is 17.8 Å². The van der Waals surface area contributed by atoms with Crippen LogP contribution >= 0.6 is 0 Å². The molecule has 1 spiro atoms. The highest BCUT2D eigenvalue weighted by Crippen LogP contribution is 2.36. The van der Waals surface area contributed by atoms with Gasteiger partial charge in [0.15, 0.2) is 0 Å². The van der Waals surface area contributed by atoms with E-state index in [1.165, 1.54) is 6.07 Å². The van der Waals surface area contributed by atoms with E-state index in [1.807, 2.05) is 6.92 Å². The molecule has 0 saturated carbocycles. The first-order chi connectivity index (χ1) is 13.1. The molecule has 2 N–H and O–H groups in total. The average molecular weight is 370 g/mol. The van der Waals surface area contributed by atoms with Crippen LogP contribution in [0.2, 0.25) is 0 Å². The molecule has 2 saturated heterocycles. The fourth-order valence-corrected chi connectivity index (χ4v) is 3.96. The van der Waals surface area contributed by atoms with Crippen molar-refractivity contribution in [3.8, 4) is 17.0 Å². The Labute approximate surface area is 157 Å². The molecule has 3 heterocycles. The number of benzene rings is 1. The lowest BCUT2D eigenvalue weighted by molar-refractivity contribution is -0.129. The van der Waals surface area contributed by atoms with Crippen LogP contribution in [0.4, 0.5) is 4.39 Å². The molecule has 27 heavy (non-hydrogen) atoms. The first-order valence-electron chi connectivity index (χ1n) is 9.43. The Morgan fingerprint density at radius 2 is 2.22 bits per heavy atom. The minimum absolute atomic E-state index is 0.0582. The number of hydrogen-bond acceptors (Lipinski definition) is 5. The lowest BCUT2D eigenvalue weighted by Gasteiger charge is -2.33. The lowest BCUT2D eigenvalue weighted by Crippen LogP contribution is -2.57. The van der Waals surface area contributed by atoms with Crippen LogP contribution in [0.15, 0.2) is 30.5 Å². The van der Waals surface area contributed by atoms with Crippen molar-refractivity contribution in [1.82, 2.24) is 20.6 Å². The minimum Gasteiger partial charge on any atom is -0.494 e.